The van der Waals surface area contributed by atoms with E-state index in [9.17, 15) is 4.79 Å². The SMILES string of the molecule is CCOC(=O)[C@@]1(CCCCCCCc2ccc(Cl)cc2)CO1. The van der Waals surface area contributed by atoms with Crippen LogP contribution in [-0.2, 0) is 20.7 Å². The van der Waals surface area contributed by atoms with E-state index in [1.54, 1.807) is 0 Å². The highest BCUT2D eigenvalue weighted by Gasteiger charge is 2.52. The van der Waals surface area contributed by atoms with Crippen LogP contribution in [-0.4, -0.2) is 24.8 Å². The Morgan fingerprint density at radius 2 is 1.82 bits per heavy atom. The molecule has 22 heavy (non-hydrogen) atoms. The zero-order valence-electron chi connectivity index (χ0n) is 13.3. The third-order valence-corrected chi connectivity index (χ3v) is 4.35. The van der Waals surface area contributed by atoms with Gasteiger partial charge in [-0.15, -0.1) is 0 Å². The lowest BCUT2D eigenvalue weighted by Crippen LogP contribution is -2.27. The lowest BCUT2D eigenvalue weighted by molar-refractivity contribution is -0.149. The minimum Gasteiger partial charge on any atom is -0.464 e. The van der Waals surface area contributed by atoms with Crippen LogP contribution in [0.2, 0.25) is 5.02 Å². The van der Waals surface area contributed by atoms with E-state index < -0.39 is 5.60 Å². The number of benzene rings is 1. The van der Waals surface area contributed by atoms with Crippen LogP contribution in [0.4, 0.5) is 0 Å². The van der Waals surface area contributed by atoms with E-state index in [4.69, 9.17) is 21.1 Å². The second kappa shape index (κ2) is 8.54. The highest BCUT2D eigenvalue weighted by Crippen LogP contribution is 2.34. The van der Waals surface area contributed by atoms with Crippen molar-refractivity contribution in [3.8, 4) is 0 Å². The number of halogens is 1. The zero-order valence-corrected chi connectivity index (χ0v) is 14.0. The fourth-order valence-electron chi connectivity index (χ4n) is 2.64. The van der Waals surface area contributed by atoms with Crippen molar-refractivity contribution in [2.45, 2.75) is 57.5 Å². The summed E-state index contributed by atoms with van der Waals surface area (Å²) in [6, 6.07) is 8.08. The predicted molar refractivity (Wildman–Crippen MR) is 88.2 cm³/mol. The number of hydrogen-bond donors (Lipinski definition) is 0. The van der Waals surface area contributed by atoms with Gasteiger partial charge in [-0.25, -0.2) is 4.79 Å². The molecule has 0 spiro atoms. The van der Waals surface area contributed by atoms with Crippen LogP contribution in [0.5, 0.6) is 0 Å². The Kier molecular flexibility index (Phi) is 6.71. The lowest BCUT2D eigenvalue weighted by Gasteiger charge is -2.10. The van der Waals surface area contributed by atoms with Crippen molar-refractivity contribution in [1.82, 2.24) is 0 Å². The molecule has 0 bridgehead atoms. The number of esters is 1. The molecule has 1 heterocycles. The molecule has 122 valence electrons. The quantitative estimate of drug-likeness (QED) is 0.360. The largest absolute Gasteiger partial charge is 0.464 e. The summed E-state index contributed by atoms with van der Waals surface area (Å²) in [4.78, 5) is 11.7. The first kappa shape index (κ1) is 17.3. The van der Waals surface area contributed by atoms with Crippen molar-refractivity contribution in [3.63, 3.8) is 0 Å². The van der Waals surface area contributed by atoms with Gasteiger partial charge in [-0.2, -0.15) is 0 Å². The van der Waals surface area contributed by atoms with Crippen LogP contribution in [0.15, 0.2) is 24.3 Å². The van der Waals surface area contributed by atoms with Gasteiger partial charge in [0.05, 0.1) is 13.2 Å². The molecular weight excluding hydrogens is 300 g/mol. The maximum absolute atomic E-state index is 11.7. The van der Waals surface area contributed by atoms with Gasteiger partial charge in [-0.1, -0.05) is 43.0 Å². The Labute approximate surface area is 137 Å². The Bertz CT molecular complexity index is 466. The van der Waals surface area contributed by atoms with Gasteiger partial charge in [-0.3, -0.25) is 0 Å². The molecule has 4 heteroatoms. The second-order valence-corrected chi connectivity index (χ2v) is 6.33. The molecule has 1 aliphatic heterocycles. The standard InChI is InChI=1S/C18H25ClO3/c1-2-21-17(20)18(14-22-18)13-7-5-3-4-6-8-15-9-11-16(19)12-10-15/h9-12H,2-8,13-14H2,1H3/t18-/m1/s1. The lowest BCUT2D eigenvalue weighted by atomic mass is 10.0. The van der Waals surface area contributed by atoms with Crippen molar-refractivity contribution in [3.05, 3.63) is 34.9 Å². The van der Waals surface area contributed by atoms with E-state index in [1.807, 2.05) is 19.1 Å². The molecule has 1 aromatic carbocycles. The van der Waals surface area contributed by atoms with Gasteiger partial charge >= 0.3 is 5.97 Å². The average Bonchev–Trinajstić information content (AvgIpc) is 3.30. The summed E-state index contributed by atoms with van der Waals surface area (Å²) in [5, 5.41) is 0.793. The van der Waals surface area contributed by atoms with Crippen LogP contribution < -0.4 is 0 Å². The van der Waals surface area contributed by atoms with E-state index in [1.165, 1.54) is 24.8 Å². The fraction of sp³-hybridized carbons (Fsp3) is 0.611. The first-order valence-electron chi connectivity index (χ1n) is 8.22. The third kappa shape index (κ3) is 5.29. The maximum Gasteiger partial charge on any atom is 0.340 e. The molecule has 0 radical (unpaired) electrons. The van der Waals surface area contributed by atoms with Crippen LogP contribution >= 0.6 is 11.6 Å². The van der Waals surface area contributed by atoms with Crippen LogP contribution in [0.3, 0.4) is 0 Å². The van der Waals surface area contributed by atoms with Gasteiger partial charge < -0.3 is 9.47 Å². The molecule has 0 unspecified atom stereocenters. The highest BCUT2D eigenvalue weighted by atomic mass is 35.5. The molecule has 1 aromatic rings. The topological polar surface area (TPSA) is 38.8 Å². The molecule has 1 saturated heterocycles. The molecule has 0 aliphatic carbocycles. The third-order valence-electron chi connectivity index (χ3n) is 4.10. The van der Waals surface area contributed by atoms with E-state index in [2.05, 4.69) is 12.1 Å². The number of ether oxygens (including phenoxy) is 2. The number of aryl methyl sites for hydroxylation is 1. The van der Waals surface area contributed by atoms with Crippen molar-refractivity contribution < 1.29 is 14.3 Å². The Morgan fingerprint density at radius 3 is 2.45 bits per heavy atom. The van der Waals surface area contributed by atoms with E-state index in [0.717, 1.165) is 30.7 Å². The van der Waals surface area contributed by atoms with Gasteiger partial charge in [0.1, 0.15) is 0 Å². The second-order valence-electron chi connectivity index (χ2n) is 5.90. The Balaban J connectivity index is 1.51. The summed E-state index contributed by atoms with van der Waals surface area (Å²) in [6.07, 6.45) is 7.69. The Morgan fingerprint density at radius 1 is 1.18 bits per heavy atom. The van der Waals surface area contributed by atoms with Crippen LogP contribution in [0.1, 0.15) is 51.0 Å². The molecule has 1 atom stereocenters. The molecular formula is C18H25ClO3. The summed E-state index contributed by atoms with van der Waals surface area (Å²) >= 11 is 5.87. The molecule has 0 N–H and O–H groups in total. The number of epoxide rings is 1. The van der Waals surface area contributed by atoms with Crippen molar-refractivity contribution >= 4 is 17.6 Å². The van der Waals surface area contributed by atoms with Crippen LogP contribution in [0.25, 0.3) is 0 Å². The maximum atomic E-state index is 11.7. The summed E-state index contributed by atoms with van der Waals surface area (Å²) in [6.45, 7) is 2.78. The van der Waals surface area contributed by atoms with Crippen molar-refractivity contribution in [2.24, 2.45) is 0 Å². The number of carbonyl (C=O) groups is 1. The number of hydrogen-bond acceptors (Lipinski definition) is 3. The first-order chi connectivity index (χ1) is 10.7. The van der Waals surface area contributed by atoms with Gasteiger partial charge in [0.25, 0.3) is 0 Å². The summed E-state index contributed by atoms with van der Waals surface area (Å²) < 4.78 is 10.4. The minimum absolute atomic E-state index is 0.183. The monoisotopic (exact) mass is 324 g/mol. The van der Waals surface area contributed by atoms with Crippen molar-refractivity contribution in [2.75, 3.05) is 13.2 Å². The van der Waals surface area contributed by atoms with E-state index in [0.29, 0.717) is 13.2 Å². The summed E-state index contributed by atoms with van der Waals surface area (Å²) in [7, 11) is 0. The first-order valence-corrected chi connectivity index (χ1v) is 8.60. The number of rotatable bonds is 10. The normalized spacial score (nSPS) is 19.9. The van der Waals surface area contributed by atoms with E-state index in [-0.39, 0.29) is 5.97 Å². The molecule has 1 fully saturated rings. The number of carbonyl (C=O) groups excluding carboxylic acids is 1. The summed E-state index contributed by atoms with van der Waals surface area (Å²) in [5.41, 5.74) is 0.747. The van der Waals surface area contributed by atoms with Gasteiger partial charge in [-0.05, 0) is 50.3 Å². The Hall–Kier alpha value is -1.06. The van der Waals surface area contributed by atoms with Gasteiger partial charge in [0.15, 0.2) is 5.60 Å². The summed E-state index contributed by atoms with van der Waals surface area (Å²) in [5.74, 6) is -0.183. The average molecular weight is 325 g/mol. The molecule has 0 amide bonds. The highest BCUT2D eigenvalue weighted by molar-refractivity contribution is 6.30. The number of unbranched alkanes of at least 4 members (excludes halogenated alkanes) is 4. The predicted octanol–water partition coefficient (Wildman–Crippen LogP) is 4.56. The molecule has 3 nitrogen and oxygen atoms in total. The smallest absolute Gasteiger partial charge is 0.340 e. The molecule has 0 aromatic heterocycles. The van der Waals surface area contributed by atoms with Gasteiger partial charge in [0, 0.05) is 5.02 Å². The van der Waals surface area contributed by atoms with Gasteiger partial charge in [0.2, 0.25) is 0 Å². The molecule has 2 rings (SSSR count). The minimum atomic E-state index is -0.598. The molecule has 1 aliphatic rings. The molecule has 0 saturated carbocycles. The van der Waals surface area contributed by atoms with E-state index >= 15 is 0 Å². The fourth-order valence-corrected chi connectivity index (χ4v) is 2.76. The van der Waals surface area contributed by atoms with Crippen molar-refractivity contribution in [1.29, 1.82) is 0 Å². The van der Waals surface area contributed by atoms with Crippen LogP contribution in [0, 0.1) is 0 Å². The zero-order chi connectivity index (χ0) is 15.8.